The SMILES string of the molecule is CCOc1ccc(C(N)CC(=O)OC)cc1.Cl. The van der Waals surface area contributed by atoms with Crippen LogP contribution < -0.4 is 10.5 Å². The number of halogens is 1. The van der Waals surface area contributed by atoms with Crippen molar-refractivity contribution in [2.45, 2.75) is 19.4 Å². The molecule has 0 bridgehead atoms. The van der Waals surface area contributed by atoms with Crippen LogP contribution in [0.15, 0.2) is 24.3 Å². The van der Waals surface area contributed by atoms with Gasteiger partial charge in [-0.15, -0.1) is 12.4 Å². The molecule has 0 aliphatic heterocycles. The van der Waals surface area contributed by atoms with Gasteiger partial charge in [0, 0.05) is 6.04 Å². The van der Waals surface area contributed by atoms with Gasteiger partial charge in [-0.1, -0.05) is 12.1 Å². The topological polar surface area (TPSA) is 61.5 Å². The molecule has 1 atom stereocenters. The van der Waals surface area contributed by atoms with E-state index in [1.54, 1.807) is 0 Å². The molecule has 5 heteroatoms. The lowest BCUT2D eigenvalue weighted by atomic mass is 10.0. The standard InChI is InChI=1S/C12H17NO3.ClH/c1-3-16-10-6-4-9(5-7-10)11(13)8-12(14)15-2;/h4-7,11H,3,8,13H2,1-2H3;1H. The highest BCUT2D eigenvalue weighted by molar-refractivity contribution is 5.85. The highest BCUT2D eigenvalue weighted by atomic mass is 35.5. The Bertz CT molecular complexity index is 340. The van der Waals surface area contributed by atoms with Gasteiger partial charge in [-0.2, -0.15) is 0 Å². The number of ether oxygens (including phenoxy) is 2. The minimum Gasteiger partial charge on any atom is -0.494 e. The summed E-state index contributed by atoms with van der Waals surface area (Å²) in [5.74, 6) is 0.498. The van der Waals surface area contributed by atoms with Crippen molar-refractivity contribution >= 4 is 18.4 Å². The molecular weight excluding hydrogens is 242 g/mol. The number of hydrogen-bond acceptors (Lipinski definition) is 4. The van der Waals surface area contributed by atoms with E-state index in [2.05, 4.69) is 4.74 Å². The van der Waals surface area contributed by atoms with Crippen molar-refractivity contribution in [3.63, 3.8) is 0 Å². The Kier molecular flexibility index (Phi) is 7.34. The Labute approximate surface area is 108 Å². The normalized spacial score (nSPS) is 11.2. The van der Waals surface area contributed by atoms with E-state index in [1.165, 1.54) is 7.11 Å². The molecular formula is C12H18ClNO3. The smallest absolute Gasteiger partial charge is 0.307 e. The fourth-order valence-electron chi connectivity index (χ4n) is 1.36. The average molecular weight is 260 g/mol. The monoisotopic (exact) mass is 259 g/mol. The molecule has 0 saturated heterocycles. The van der Waals surface area contributed by atoms with E-state index < -0.39 is 0 Å². The summed E-state index contributed by atoms with van der Waals surface area (Å²) >= 11 is 0. The lowest BCUT2D eigenvalue weighted by Gasteiger charge is -2.11. The average Bonchev–Trinajstić information content (AvgIpc) is 2.30. The van der Waals surface area contributed by atoms with Crippen LogP contribution in [0.25, 0.3) is 0 Å². The van der Waals surface area contributed by atoms with Crippen molar-refractivity contribution in [3.8, 4) is 5.75 Å². The fraction of sp³-hybridized carbons (Fsp3) is 0.417. The van der Waals surface area contributed by atoms with Gasteiger partial charge in [0.15, 0.2) is 0 Å². The van der Waals surface area contributed by atoms with Crippen molar-refractivity contribution in [1.82, 2.24) is 0 Å². The summed E-state index contributed by atoms with van der Waals surface area (Å²) in [4.78, 5) is 11.0. The van der Waals surface area contributed by atoms with E-state index in [0.717, 1.165) is 11.3 Å². The maximum Gasteiger partial charge on any atom is 0.307 e. The summed E-state index contributed by atoms with van der Waals surface area (Å²) in [7, 11) is 1.35. The van der Waals surface area contributed by atoms with Crippen LogP contribution in [0.3, 0.4) is 0 Å². The zero-order valence-corrected chi connectivity index (χ0v) is 10.8. The quantitative estimate of drug-likeness (QED) is 0.823. The van der Waals surface area contributed by atoms with Gasteiger partial charge in [-0.05, 0) is 24.6 Å². The van der Waals surface area contributed by atoms with Crippen LogP contribution in [0, 0.1) is 0 Å². The van der Waals surface area contributed by atoms with Crippen molar-refractivity contribution in [2.24, 2.45) is 5.73 Å². The van der Waals surface area contributed by atoms with E-state index in [0.29, 0.717) is 6.61 Å². The predicted octanol–water partition coefficient (Wildman–Crippen LogP) is 2.07. The molecule has 1 unspecified atom stereocenters. The van der Waals surface area contributed by atoms with E-state index in [-0.39, 0.29) is 30.8 Å². The summed E-state index contributed by atoms with van der Waals surface area (Å²) in [6.45, 7) is 2.56. The lowest BCUT2D eigenvalue weighted by molar-refractivity contribution is -0.141. The number of esters is 1. The van der Waals surface area contributed by atoms with Crippen molar-refractivity contribution in [2.75, 3.05) is 13.7 Å². The summed E-state index contributed by atoms with van der Waals surface area (Å²) in [5, 5.41) is 0. The summed E-state index contributed by atoms with van der Waals surface area (Å²) in [6.07, 6.45) is 0.185. The molecule has 1 aromatic rings. The third-order valence-electron chi connectivity index (χ3n) is 2.23. The fourth-order valence-corrected chi connectivity index (χ4v) is 1.36. The molecule has 0 amide bonds. The van der Waals surface area contributed by atoms with Crippen LogP contribution in [0.4, 0.5) is 0 Å². The molecule has 0 heterocycles. The molecule has 0 aliphatic rings. The predicted molar refractivity (Wildman–Crippen MR) is 68.4 cm³/mol. The van der Waals surface area contributed by atoms with Gasteiger partial charge in [0.1, 0.15) is 5.75 Å². The summed E-state index contributed by atoms with van der Waals surface area (Å²) in [6, 6.07) is 7.08. The number of rotatable bonds is 5. The van der Waals surface area contributed by atoms with E-state index >= 15 is 0 Å². The second-order valence-electron chi connectivity index (χ2n) is 3.39. The first-order valence-corrected chi connectivity index (χ1v) is 5.22. The summed E-state index contributed by atoms with van der Waals surface area (Å²) < 4.78 is 9.87. The second kappa shape index (κ2) is 7.92. The molecule has 17 heavy (non-hydrogen) atoms. The third-order valence-corrected chi connectivity index (χ3v) is 2.23. The molecule has 1 rings (SSSR count). The Morgan fingerprint density at radius 2 is 1.94 bits per heavy atom. The van der Waals surface area contributed by atoms with Crippen LogP contribution in [0.2, 0.25) is 0 Å². The minimum atomic E-state index is -0.330. The van der Waals surface area contributed by atoms with Gasteiger partial charge < -0.3 is 15.2 Å². The molecule has 4 nitrogen and oxygen atoms in total. The van der Waals surface area contributed by atoms with Crippen molar-refractivity contribution in [1.29, 1.82) is 0 Å². The number of carbonyl (C=O) groups is 1. The first kappa shape index (κ1) is 15.7. The van der Waals surface area contributed by atoms with Crippen LogP contribution in [0.1, 0.15) is 24.9 Å². The summed E-state index contributed by atoms with van der Waals surface area (Å²) in [5.41, 5.74) is 6.75. The second-order valence-corrected chi connectivity index (χ2v) is 3.39. The van der Waals surface area contributed by atoms with Crippen LogP contribution in [-0.2, 0) is 9.53 Å². The molecule has 1 aromatic carbocycles. The molecule has 0 aliphatic carbocycles. The van der Waals surface area contributed by atoms with Crippen LogP contribution in [0.5, 0.6) is 5.75 Å². The first-order chi connectivity index (χ1) is 7.67. The van der Waals surface area contributed by atoms with Gasteiger partial charge in [-0.3, -0.25) is 4.79 Å². The Balaban J connectivity index is 0.00000256. The maximum atomic E-state index is 11.0. The zero-order chi connectivity index (χ0) is 12.0. The van der Waals surface area contributed by atoms with Crippen molar-refractivity contribution < 1.29 is 14.3 Å². The Hall–Kier alpha value is -1.26. The van der Waals surface area contributed by atoms with Gasteiger partial charge in [0.05, 0.1) is 20.1 Å². The number of carbonyl (C=O) groups excluding carboxylic acids is 1. The zero-order valence-electron chi connectivity index (χ0n) is 10.0. The largest absolute Gasteiger partial charge is 0.494 e. The number of hydrogen-bond donors (Lipinski definition) is 1. The molecule has 0 aromatic heterocycles. The highest BCUT2D eigenvalue weighted by Crippen LogP contribution is 2.18. The third kappa shape index (κ3) is 5.06. The van der Waals surface area contributed by atoms with Gasteiger partial charge >= 0.3 is 5.97 Å². The van der Waals surface area contributed by atoms with Gasteiger partial charge in [0.25, 0.3) is 0 Å². The molecule has 2 N–H and O–H groups in total. The highest BCUT2D eigenvalue weighted by Gasteiger charge is 2.11. The lowest BCUT2D eigenvalue weighted by Crippen LogP contribution is -2.16. The van der Waals surface area contributed by atoms with Crippen molar-refractivity contribution in [3.05, 3.63) is 29.8 Å². The molecule has 0 radical (unpaired) electrons. The minimum absolute atomic E-state index is 0. The number of methoxy groups -OCH3 is 1. The molecule has 0 saturated carbocycles. The number of benzene rings is 1. The van der Waals surface area contributed by atoms with E-state index in [4.69, 9.17) is 10.5 Å². The molecule has 0 spiro atoms. The molecule has 96 valence electrons. The van der Waals surface area contributed by atoms with Crippen LogP contribution >= 0.6 is 12.4 Å². The first-order valence-electron chi connectivity index (χ1n) is 5.22. The van der Waals surface area contributed by atoms with E-state index in [1.807, 2.05) is 31.2 Å². The Morgan fingerprint density at radius 1 is 1.35 bits per heavy atom. The van der Waals surface area contributed by atoms with Gasteiger partial charge in [0.2, 0.25) is 0 Å². The number of nitrogens with two attached hydrogens (primary N) is 1. The maximum absolute atomic E-state index is 11.0. The van der Waals surface area contributed by atoms with E-state index in [9.17, 15) is 4.79 Å². The Morgan fingerprint density at radius 3 is 2.41 bits per heavy atom. The van der Waals surface area contributed by atoms with Gasteiger partial charge in [-0.25, -0.2) is 0 Å². The van der Waals surface area contributed by atoms with Crippen LogP contribution in [-0.4, -0.2) is 19.7 Å². The molecule has 0 fully saturated rings.